The van der Waals surface area contributed by atoms with E-state index in [4.69, 9.17) is 0 Å². The maximum atomic E-state index is 3.62. The zero-order chi connectivity index (χ0) is 13.8. The van der Waals surface area contributed by atoms with E-state index < -0.39 is 0 Å². The monoisotopic (exact) mass is 337 g/mol. The predicted molar refractivity (Wildman–Crippen MR) is 88.1 cm³/mol. The van der Waals surface area contributed by atoms with Crippen molar-refractivity contribution in [3.8, 4) is 0 Å². The Morgan fingerprint density at radius 1 is 1.21 bits per heavy atom. The lowest BCUT2D eigenvalue weighted by Gasteiger charge is -2.17. The molecule has 2 aromatic rings. The maximum Gasteiger partial charge on any atom is 0.0731 e. The zero-order valence-electron chi connectivity index (χ0n) is 11.7. The van der Waals surface area contributed by atoms with E-state index in [1.165, 1.54) is 25.4 Å². The molecular weight excluding hydrogens is 318 g/mol. The molecule has 102 valence electrons. The van der Waals surface area contributed by atoms with Gasteiger partial charge in [0.2, 0.25) is 0 Å². The highest BCUT2D eigenvalue weighted by atomic mass is 79.9. The van der Waals surface area contributed by atoms with E-state index in [0.29, 0.717) is 6.04 Å². The summed E-state index contributed by atoms with van der Waals surface area (Å²) >= 11 is 5.44. The molecule has 0 aliphatic heterocycles. The first-order valence-corrected chi connectivity index (χ1v) is 8.34. The Bertz CT molecular complexity index is 511. The molecule has 0 radical (unpaired) electrons. The SMILES string of the molecule is CCNC(c1ccc(CC)cc1)c1cc(C)c(Br)s1. The van der Waals surface area contributed by atoms with E-state index in [0.717, 1.165) is 13.0 Å². The molecule has 0 saturated carbocycles. The third-order valence-electron chi connectivity index (χ3n) is 3.29. The average molecular weight is 338 g/mol. The number of rotatable bonds is 5. The molecule has 19 heavy (non-hydrogen) atoms. The van der Waals surface area contributed by atoms with Crippen molar-refractivity contribution in [1.82, 2.24) is 5.32 Å². The molecule has 0 saturated heterocycles. The van der Waals surface area contributed by atoms with E-state index in [1.54, 1.807) is 0 Å². The molecule has 0 fully saturated rings. The van der Waals surface area contributed by atoms with Crippen molar-refractivity contribution in [2.45, 2.75) is 33.2 Å². The van der Waals surface area contributed by atoms with Gasteiger partial charge < -0.3 is 5.32 Å². The second-order valence-electron chi connectivity index (χ2n) is 4.69. The van der Waals surface area contributed by atoms with Gasteiger partial charge in [-0.15, -0.1) is 11.3 Å². The first kappa shape index (κ1) is 14.8. The van der Waals surface area contributed by atoms with Crippen LogP contribution in [0.15, 0.2) is 34.1 Å². The van der Waals surface area contributed by atoms with Gasteiger partial charge in [0, 0.05) is 4.88 Å². The third kappa shape index (κ3) is 3.47. The van der Waals surface area contributed by atoms with Crippen molar-refractivity contribution in [3.05, 3.63) is 55.7 Å². The minimum Gasteiger partial charge on any atom is -0.306 e. The van der Waals surface area contributed by atoms with E-state index in [9.17, 15) is 0 Å². The molecule has 3 heteroatoms. The Morgan fingerprint density at radius 3 is 2.37 bits per heavy atom. The second-order valence-corrected chi connectivity index (χ2v) is 7.09. The van der Waals surface area contributed by atoms with E-state index >= 15 is 0 Å². The lowest BCUT2D eigenvalue weighted by molar-refractivity contribution is 0.639. The minimum atomic E-state index is 0.297. The van der Waals surface area contributed by atoms with Gasteiger partial charge in [0.25, 0.3) is 0 Å². The summed E-state index contributed by atoms with van der Waals surface area (Å²) in [6.07, 6.45) is 1.09. The van der Waals surface area contributed by atoms with Crippen molar-refractivity contribution in [3.63, 3.8) is 0 Å². The van der Waals surface area contributed by atoms with Crippen molar-refractivity contribution < 1.29 is 0 Å². The highest BCUT2D eigenvalue weighted by Gasteiger charge is 2.16. The van der Waals surface area contributed by atoms with Crippen molar-refractivity contribution in [2.75, 3.05) is 6.54 Å². The summed E-state index contributed by atoms with van der Waals surface area (Å²) in [5, 5.41) is 3.58. The fourth-order valence-corrected chi connectivity index (χ4v) is 3.83. The predicted octanol–water partition coefficient (Wildman–Crippen LogP) is 5.08. The van der Waals surface area contributed by atoms with Gasteiger partial charge in [-0.1, -0.05) is 38.1 Å². The van der Waals surface area contributed by atoms with Crippen LogP contribution >= 0.6 is 27.3 Å². The molecule has 1 heterocycles. The number of nitrogens with one attached hydrogen (secondary N) is 1. The number of halogens is 1. The fraction of sp³-hybridized carbons (Fsp3) is 0.375. The molecular formula is C16H20BrNS. The molecule has 0 aliphatic carbocycles. The summed E-state index contributed by atoms with van der Waals surface area (Å²) in [5.41, 5.74) is 4.04. The number of aryl methyl sites for hydroxylation is 2. The molecule has 1 atom stereocenters. The highest BCUT2D eigenvalue weighted by molar-refractivity contribution is 9.11. The Hall–Kier alpha value is -0.640. The Labute approximate surface area is 128 Å². The number of benzene rings is 1. The second kappa shape index (κ2) is 6.69. The van der Waals surface area contributed by atoms with Crippen molar-refractivity contribution >= 4 is 27.3 Å². The van der Waals surface area contributed by atoms with Crippen LogP contribution in [0.25, 0.3) is 0 Å². The van der Waals surface area contributed by atoms with Crippen LogP contribution in [0.2, 0.25) is 0 Å². The first-order chi connectivity index (χ1) is 9.15. The molecule has 0 spiro atoms. The summed E-state index contributed by atoms with van der Waals surface area (Å²) in [6.45, 7) is 7.46. The van der Waals surface area contributed by atoms with Crippen molar-refractivity contribution in [2.24, 2.45) is 0 Å². The van der Waals surface area contributed by atoms with Gasteiger partial charge in [-0.25, -0.2) is 0 Å². The molecule has 0 aliphatic rings. The zero-order valence-corrected chi connectivity index (χ0v) is 14.1. The van der Waals surface area contributed by atoms with Crippen LogP contribution < -0.4 is 5.32 Å². The van der Waals surface area contributed by atoms with Crippen LogP contribution in [-0.2, 0) is 6.42 Å². The molecule has 1 aromatic carbocycles. The van der Waals surface area contributed by atoms with Gasteiger partial charge >= 0.3 is 0 Å². The molecule has 1 nitrogen and oxygen atoms in total. The fourth-order valence-electron chi connectivity index (χ4n) is 2.16. The number of thiophene rings is 1. The van der Waals surface area contributed by atoms with Crippen LogP contribution in [0.4, 0.5) is 0 Å². The van der Waals surface area contributed by atoms with E-state index in [1.807, 2.05) is 11.3 Å². The van der Waals surface area contributed by atoms with Gasteiger partial charge in [-0.3, -0.25) is 0 Å². The summed E-state index contributed by atoms with van der Waals surface area (Å²) in [4.78, 5) is 1.37. The van der Waals surface area contributed by atoms with Gasteiger partial charge in [0.15, 0.2) is 0 Å². The van der Waals surface area contributed by atoms with Gasteiger partial charge in [0.1, 0.15) is 0 Å². The summed E-state index contributed by atoms with van der Waals surface area (Å²) in [6, 6.07) is 11.5. The number of hydrogen-bond donors (Lipinski definition) is 1. The van der Waals surface area contributed by atoms with Crippen LogP contribution in [0.1, 0.15) is 41.5 Å². The smallest absolute Gasteiger partial charge is 0.0731 e. The molecule has 0 amide bonds. The first-order valence-electron chi connectivity index (χ1n) is 6.73. The van der Waals surface area contributed by atoms with Crippen LogP contribution in [0.3, 0.4) is 0 Å². The summed E-state index contributed by atoms with van der Waals surface area (Å²) in [5.74, 6) is 0. The van der Waals surface area contributed by atoms with Crippen molar-refractivity contribution in [1.29, 1.82) is 0 Å². The van der Waals surface area contributed by atoms with E-state index in [-0.39, 0.29) is 0 Å². The normalized spacial score (nSPS) is 12.6. The maximum absolute atomic E-state index is 3.62. The molecule has 1 N–H and O–H groups in total. The van der Waals surface area contributed by atoms with E-state index in [2.05, 4.69) is 72.3 Å². The average Bonchev–Trinajstić information content (AvgIpc) is 2.76. The van der Waals surface area contributed by atoms with Gasteiger partial charge in [-0.2, -0.15) is 0 Å². The minimum absolute atomic E-state index is 0.297. The topological polar surface area (TPSA) is 12.0 Å². The van der Waals surface area contributed by atoms with Crippen LogP contribution in [0.5, 0.6) is 0 Å². The highest BCUT2D eigenvalue weighted by Crippen LogP contribution is 2.34. The quantitative estimate of drug-likeness (QED) is 0.802. The lowest BCUT2D eigenvalue weighted by Crippen LogP contribution is -2.21. The molecule has 0 bridgehead atoms. The summed E-state index contributed by atoms with van der Waals surface area (Å²) < 4.78 is 1.23. The van der Waals surface area contributed by atoms with Gasteiger partial charge in [-0.05, 0) is 58.6 Å². The Kier molecular flexibility index (Phi) is 5.20. The number of hydrogen-bond acceptors (Lipinski definition) is 2. The van der Waals surface area contributed by atoms with Gasteiger partial charge in [0.05, 0.1) is 9.83 Å². The molecule has 1 aromatic heterocycles. The standard InChI is InChI=1S/C16H20BrNS/c1-4-12-6-8-13(9-7-12)15(18-5-2)14-10-11(3)16(17)19-14/h6-10,15,18H,4-5H2,1-3H3. The Balaban J connectivity index is 2.33. The lowest BCUT2D eigenvalue weighted by atomic mass is 10.0. The molecule has 2 rings (SSSR count). The largest absolute Gasteiger partial charge is 0.306 e. The third-order valence-corrected chi connectivity index (χ3v) is 5.49. The van der Waals surface area contributed by atoms with Crippen LogP contribution in [0, 0.1) is 6.92 Å². The molecule has 1 unspecified atom stereocenters. The summed E-state index contributed by atoms with van der Waals surface area (Å²) in [7, 11) is 0. The Morgan fingerprint density at radius 2 is 1.89 bits per heavy atom. The van der Waals surface area contributed by atoms with Crippen LogP contribution in [-0.4, -0.2) is 6.54 Å².